The number of nitrogens with two attached hydrogens (primary N) is 1. The van der Waals surface area contributed by atoms with Gasteiger partial charge in [0.25, 0.3) is 0 Å². The zero-order valence-electron chi connectivity index (χ0n) is 10.7. The Labute approximate surface area is 107 Å². The minimum Gasteiger partial charge on any atom is -0.490 e. The fraction of sp³-hybridized carbons (Fsp3) is 0.538. The maximum Gasteiger partial charge on any atom is 0.176 e. The number of fused-ring (bicyclic) bond motifs is 1. The molecule has 100 valence electrons. The van der Waals surface area contributed by atoms with Gasteiger partial charge in [-0.1, -0.05) is 6.07 Å². The molecule has 18 heavy (non-hydrogen) atoms. The first-order chi connectivity index (χ1) is 8.76. The SMILES string of the molecule is COC(OC)C(N)c1ccc2c(c1)OCCCO2. The van der Waals surface area contributed by atoms with Gasteiger partial charge in [0.05, 0.1) is 19.3 Å². The lowest BCUT2D eigenvalue weighted by Crippen LogP contribution is -2.29. The Kier molecular flexibility index (Phi) is 4.41. The molecule has 2 N–H and O–H groups in total. The first-order valence-electron chi connectivity index (χ1n) is 5.97. The maximum atomic E-state index is 6.09. The second-order valence-corrected chi connectivity index (χ2v) is 4.12. The minimum absolute atomic E-state index is 0.364. The average molecular weight is 253 g/mol. The molecule has 0 spiro atoms. The van der Waals surface area contributed by atoms with E-state index in [1.54, 1.807) is 14.2 Å². The largest absolute Gasteiger partial charge is 0.490 e. The molecule has 0 amide bonds. The van der Waals surface area contributed by atoms with E-state index in [1.807, 2.05) is 18.2 Å². The number of hydrogen-bond acceptors (Lipinski definition) is 5. The number of hydrogen-bond donors (Lipinski definition) is 1. The summed E-state index contributed by atoms with van der Waals surface area (Å²) in [5.41, 5.74) is 6.98. The molecule has 0 bridgehead atoms. The van der Waals surface area contributed by atoms with Gasteiger partial charge in [-0.2, -0.15) is 0 Å². The number of methoxy groups -OCH3 is 2. The highest BCUT2D eigenvalue weighted by molar-refractivity contribution is 5.44. The molecular weight excluding hydrogens is 234 g/mol. The van der Waals surface area contributed by atoms with Crippen molar-refractivity contribution in [3.05, 3.63) is 23.8 Å². The van der Waals surface area contributed by atoms with Crippen molar-refractivity contribution >= 4 is 0 Å². The van der Waals surface area contributed by atoms with E-state index in [0.29, 0.717) is 13.2 Å². The topological polar surface area (TPSA) is 62.9 Å². The van der Waals surface area contributed by atoms with Crippen molar-refractivity contribution in [2.45, 2.75) is 18.8 Å². The summed E-state index contributed by atoms with van der Waals surface area (Å²) >= 11 is 0. The molecule has 2 rings (SSSR count). The molecule has 5 nitrogen and oxygen atoms in total. The van der Waals surface area contributed by atoms with Crippen LogP contribution in [0.3, 0.4) is 0 Å². The first kappa shape index (κ1) is 13.1. The highest BCUT2D eigenvalue weighted by atomic mass is 16.7. The van der Waals surface area contributed by atoms with Gasteiger partial charge in [-0.3, -0.25) is 0 Å². The normalized spacial score (nSPS) is 16.4. The van der Waals surface area contributed by atoms with Gasteiger partial charge in [-0.15, -0.1) is 0 Å². The van der Waals surface area contributed by atoms with Crippen molar-refractivity contribution in [2.75, 3.05) is 27.4 Å². The molecular formula is C13H19NO4. The van der Waals surface area contributed by atoms with Crippen molar-refractivity contribution in [3.8, 4) is 11.5 Å². The highest BCUT2D eigenvalue weighted by Gasteiger charge is 2.20. The van der Waals surface area contributed by atoms with Gasteiger partial charge in [0.1, 0.15) is 0 Å². The van der Waals surface area contributed by atoms with Crippen LogP contribution in [0.25, 0.3) is 0 Å². The summed E-state index contributed by atoms with van der Waals surface area (Å²) in [6.07, 6.45) is 0.407. The van der Waals surface area contributed by atoms with E-state index in [2.05, 4.69) is 0 Å². The Morgan fingerprint density at radius 1 is 1.11 bits per heavy atom. The van der Waals surface area contributed by atoms with Gasteiger partial charge in [-0.05, 0) is 17.7 Å². The molecule has 0 saturated carbocycles. The third kappa shape index (κ3) is 2.75. The molecule has 1 atom stereocenters. The van der Waals surface area contributed by atoms with Crippen LogP contribution in [-0.2, 0) is 9.47 Å². The van der Waals surface area contributed by atoms with Crippen LogP contribution >= 0.6 is 0 Å². The molecule has 1 aliphatic rings. The Hall–Kier alpha value is -1.30. The average Bonchev–Trinajstić information content (AvgIpc) is 2.64. The van der Waals surface area contributed by atoms with E-state index in [-0.39, 0.29) is 6.04 Å². The van der Waals surface area contributed by atoms with E-state index in [0.717, 1.165) is 23.5 Å². The summed E-state index contributed by atoms with van der Waals surface area (Å²) in [5.74, 6) is 1.49. The number of rotatable bonds is 4. The van der Waals surface area contributed by atoms with Crippen molar-refractivity contribution in [1.29, 1.82) is 0 Å². The number of benzene rings is 1. The van der Waals surface area contributed by atoms with Gasteiger partial charge in [-0.25, -0.2) is 0 Å². The fourth-order valence-electron chi connectivity index (χ4n) is 1.93. The number of ether oxygens (including phenoxy) is 4. The van der Waals surface area contributed by atoms with E-state index < -0.39 is 6.29 Å². The Balaban J connectivity index is 2.21. The summed E-state index contributed by atoms with van der Waals surface area (Å²) in [4.78, 5) is 0. The summed E-state index contributed by atoms with van der Waals surface area (Å²) in [5, 5.41) is 0. The molecule has 1 heterocycles. The van der Waals surface area contributed by atoms with Gasteiger partial charge >= 0.3 is 0 Å². The summed E-state index contributed by atoms with van der Waals surface area (Å²) < 4.78 is 21.5. The van der Waals surface area contributed by atoms with Gasteiger partial charge in [0, 0.05) is 20.6 Å². The highest BCUT2D eigenvalue weighted by Crippen LogP contribution is 2.32. The smallest absolute Gasteiger partial charge is 0.176 e. The second kappa shape index (κ2) is 6.04. The van der Waals surface area contributed by atoms with Gasteiger partial charge in [0.2, 0.25) is 0 Å². The predicted octanol–water partition coefficient (Wildman–Crippen LogP) is 1.47. The predicted molar refractivity (Wildman–Crippen MR) is 66.8 cm³/mol. The maximum absolute atomic E-state index is 6.09. The van der Waals surface area contributed by atoms with Crippen molar-refractivity contribution < 1.29 is 18.9 Å². The third-order valence-corrected chi connectivity index (χ3v) is 2.91. The summed E-state index contributed by atoms with van der Waals surface area (Å²) in [6, 6.07) is 5.30. The monoisotopic (exact) mass is 253 g/mol. The Morgan fingerprint density at radius 3 is 2.44 bits per heavy atom. The van der Waals surface area contributed by atoms with E-state index in [9.17, 15) is 0 Å². The van der Waals surface area contributed by atoms with Crippen LogP contribution in [0.2, 0.25) is 0 Å². The van der Waals surface area contributed by atoms with E-state index >= 15 is 0 Å². The third-order valence-electron chi connectivity index (χ3n) is 2.91. The van der Waals surface area contributed by atoms with Gasteiger partial charge in [0.15, 0.2) is 17.8 Å². The fourth-order valence-corrected chi connectivity index (χ4v) is 1.93. The lowest BCUT2D eigenvalue weighted by atomic mass is 10.1. The molecule has 0 radical (unpaired) electrons. The van der Waals surface area contributed by atoms with E-state index in [1.165, 1.54) is 0 Å². The van der Waals surface area contributed by atoms with Crippen LogP contribution < -0.4 is 15.2 Å². The van der Waals surface area contributed by atoms with Crippen LogP contribution in [0.1, 0.15) is 18.0 Å². The lowest BCUT2D eigenvalue weighted by molar-refractivity contribution is -0.117. The summed E-state index contributed by atoms with van der Waals surface area (Å²) in [6.45, 7) is 1.33. The zero-order chi connectivity index (χ0) is 13.0. The van der Waals surface area contributed by atoms with Gasteiger partial charge < -0.3 is 24.7 Å². The molecule has 0 aliphatic carbocycles. The van der Waals surface area contributed by atoms with Crippen molar-refractivity contribution in [3.63, 3.8) is 0 Å². The molecule has 0 fully saturated rings. The van der Waals surface area contributed by atoms with Crippen LogP contribution in [-0.4, -0.2) is 33.7 Å². The standard InChI is InChI=1S/C13H19NO4/c1-15-13(16-2)12(14)9-4-5-10-11(8-9)18-7-3-6-17-10/h4-5,8,12-13H,3,6-7,14H2,1-2H3. The molecule has 1 aromatic carbocycles. The van der Waals surface area contributed by atoms with Crippen molar-refractivity contribution in [2.24, 2.45) is 5.73 Å². The van der Waals surface area contributed by atoms with E-state index in [4.69, 9.17) is 24.7 Å². The molecule has 0 aromatic heterocycles. The quantitative estimate of drug-likeness (QED) is 0.823. The molecule has 5 heteroatoms. The minimum atomic E-state index is -0.477. The molecule has 1 unspecified atom stereocenters. The first-order valence-corrected chi connectivity index (χ1v) is 5.97. The van der Waals surface area contributed by atoms with Crippen molar-refractivity contribution in [1.82, 2.24) is 0 Å². The Morgan fingerprint density at radius 2 is 1.78 bits per heavy atom. The van der Waals surface area contributed by atoms with Crippen LogP contribution in [0.15, 0.2) is 18.2 Å². The van der Waals surface area contributed by atoms with Crippen LogP contribution in [0.4, 0.5) is 0 Å². The molecule has 0 saturated heterocycles. The lowest BCUT2D eigenvalue weighted by Gasteiger charge is -2.22. The van der Waals surface area contributed by atoms with Crippen LogP contribution in [0.5, 0.6) is 11.5 Å². The molecule has 1 aliphatic heterocycles. The Bertz CT molecular complexity index is 393. The summed E-state index contributed by atoms with van der Waals surface area (Å²) in [7, 11) is 3.13. The zero-order valence-corrected chi connectivity index (χ0v) is 10.7. The molecule has 1 aromatic rings. The van der Waals surface area contributed by atoms with Crippen LogP contribution in [0, 0.1) is 0 Å². The second-order valence-electron chi connectivity index (χ2n) is 4.12.